The molecule has 1 atom stereocenters. The lowest BCUT2D eigenvalue weighted by atomic mass is 10.0. The zero-order valence-electron chi connectivity index (χ0n) is 10.9. The van der Waals surface area contributed by atoms with Gasteiger partial charge in [-0.2, -0.15) is 5.26 Å². The molecule has 1 heterocycles. The largest absolute Gasteiger partial charge is 0.506 e. The Kier molecular flexibility index (Phi) is 8.95. The minimum Gasteiger partial charge on any atom is -0.506 e. The van der Waals surface area contributed by atoms with Crippen LogP contribution in [-0.2, 0) is 0 Å². The molecule has 1 aliphatic rings. The molecule has 1 saturated heterocycles. The molecule has 0 aromatic heterocycles. The van der Waals surface area contributed by atoms with Gasteiger partial charge in [0.1, 0.15) is 5.75 Å². The molecule has 20 heavy (non-hydrogen) atoms. The van der Waals surface area contributed by atoms with E-state index in [4.69, 9.17) is 16.9 Å². The molecule has 2 N–H and O–H groups in total. The molecular formula is C13H18Cl3N3O. The topological polar surface area (TPSA) is 59.3 Å². The first-order valence-electron chi connectivity index (χ1n) is 6.02. The van der Waals surface area contributed by atoms with Crippen molar-refractivity contribution in [1.29, 1.82) is 5.26 Å². The number of nitrogens with zero attached hydrogens (tertiary/aromatic N) is 2. The van der Waals surface area contributed by atoms with Crippen LogP contribution in [0.5, 0.6) is 5.75 Å². The summed E-state index contributed by atoms with van der Waals surface area (Å²) >= 11 is 5.93. The lowest BCUT2D eigenvalue weighted by Crippen LogP contribution is -2.45. The number of nitrogens with one attached hydrogen (secondary N) is 1. The van der Waals surface area contributed by atoms with Crippen molar-refractivity contribution in [3.8, 4) is 11.8 Å². The molecule has 0 amide bonds. The molecule has 7 heteroatoms. The van der Waals surface area contributed by atoms with Gasteiger partial charge in [-0.05, 0) is 17.7 Å². The van der Waals surface area contributed by atoms with Crippen LogP contribution in [0.4, 0.5) is 0 Å². The highest BCUT2D eigenvalue weighted by Crippen LogP contribution is 2.30. The van der Waals surface area contributed by atoms with Gasteiger partial charge >= 0.3 is 0 Å². The molecule has 1 fully saturated rings. The first-order chi connectivity index (χ1) is 8.72. The predicted octanol–water partition coefficient (Wildman–Crippen LogP) is 2.75. The van der Waals surface area contributed by atoms with Crippen molar-refractivity contribution >= 4 is 36.4 Å². The summed E-state index contributed by atoms with van der Waals surface area (Å²) in [6.45, 7) is 3.72. The number of hydrogen-bond acceptors (Lipinski definition) is 4. The maximum absolute atomic E-state index is 9.45. The number of halogens is 3. The van der Waals surface area contributed by atoms with Gasteiger partial charge in [-0.25, -0.2) is 0 Å². The Hall–Kier alpha value is -0.700. The van der Waals surface area contributed by atoms with Gasteiger partial charge in [-0.1, -0.05) is 17.7 Å². The van der Waals surface area contributed by atoms with Crippen LogP contribution in [0.25, 0.3) is 0 Å². The quantitative estimate of drug-likeness (QED) is 0.889. The van der Waals surface area contributed by atoms with Crippen LogP contribution in [0.15, 0.2) is 18.2 Å². The average molecular weight is 339 g/mol. The maximum Gasteiger partial charge on any atom is 0.134 e. The molecule has 112 valence electrons. The first-order valence-corrected chi connectivity index (χ1v) is 6.40. The van der Waals surface area contributed by atoms with Crippen molar-refractivity contribution in [3.05, 3.63) is 28.8 Å². The third-order valence-electron chi connectivity index (χ3n) is 3.23. The van der Waals surface area contributed by atoms with E-state index in [-0.39, 0.29) is 36.6 Å². The van der Waals surface area contributed by atoms with E-state index in [1.54, 1.807) is 12.1 Å². The molecule has 0 saturated carbocycles. The fourth-order valence-electron chi connectivity index (χ4n) is 2.27. The van der Waals surface area contributed by atoms with Gasteiger partial charge in [0.25, 0.3) is 0 Å². The Bertz CT molecular complexity index is 459. The van der Waals surface area contributed by atoms with E-state index in [0.717, 1.165) is 31.7 Å². The van der Waals surface area contributed by atoms with Crippen LogP contribution in [0, 0.1) is 11.3 Å². The molecule has 0 unspecified atom stereocenters. The summed E-state index contributed by atoms with van der Waals surface area (Å²) in [6.07, 6.45) is 0.432. The molecule has 0 radical (unpaired) electrons. The molecule has 2 rings (SSSR count). The summed E-state index contributed by atoms with van der Waals surface area (Å²) in [4.78, 5) is 2.28. The highest BCUT2D eigenvalue weighted by atomic mass is 35.5. The molecule has 1 aromatic rings. The minimum absolute atomic E-state index is 0. The zero-order chi connectivity index (χ0) is 13.0. The Morgan fingerprint density at radius 2 is 2.00 bits per heavy atom. The number of phenolic OH excluding ortho intramolecular Hbond substituents is 1. The molecular weight excluding hydrogens is 321 g/mol. The first kappa shape index (κ1) is 19.3. The molecule has 1 aromatic carbocycles. The Morgan fingerprint density at radius 3 is 2.55 bits per heavy atom. The summed E-state index contributed by atoms with van der Waals surface area (Å²) < 4.78 is 0. The van der Waals surface area contributed by atoms with E-state index >= 15 is 0 Å². The van der Waals surface area contributed by atoms with Crippen LogP contribution >= 0.6 is 36.4 Å². The van der Waals surface area contributed by atoms with Crippen LogP contribution in [-0.4, -0.2) is 36.2 Å². The van der Waals surface area contributed by atoms with E-state index in [2.05, 4.69) is 16.3 Å². The maximum atomic E-state index is 9.45. The third kappa shape index (κ3) is 4.69. The summed E-state index contributed by atoms with van der Waals surface area (Å²) in [5, 5.41) is 22.1. The third-order valence-corrected chi connectivity index (χ3v) is 3.54. The van der Waals surface area contributed by atoms with Gasteiger partial charge in [0.05, 0.1) is 17.5 Å². The molecule has 1 aliphatic heterocycles. The number of phenols is 1. The highest BCUT2D eigenvalue weighted by molar-refractivity contribution is 6.32. The second kappa shape index (κ2) is 9.28. The molecule has 0 aliphatic carbocycles. The van der Waals surface area contributed by atoms with E-state index in [9.17, 15) is 5.11 Å². The second-order valence-corrected chi connectivity index (χ2v) is 4.78. The van der Waals surface area contributed by atoms with Gasteiger partial charge < -0.3 is 10.4 Å². The lowest BCUT2D eigenvalue weighted by molar-refractivity contribution is 0.175. The molecule has 0 bridgehead atoms. The number of piperazine rings is 1. The van der Waals surface area contributed by atoms with Gasteiger partial charge in [0.2, 0.25) is 0 Å². The summed E-state index contributed by atoms with van der Waals surface area (Å²) in [5.41, 5.74) is 0.987. The van der Waals surface area contributed by atoms with Gasteiger partial charge in [-0.15, -0.1) is 24.8 Å². The Balaban J connectivity index is 0.00000180. The summed E-state index contributed by atoms with van der Waals surface area (Å²) in [7, 11) is 0. The SMILES string of the molecule is Cl.Cl.N#CC[C@H](c1ccc(O)c(Cl)c1)N1CCNCC1. The number of hydrogen-bond donors (Lipinski definition) is 2. The van der Waals surface area contributed by atoms with Gasteiger partial charge in [-0.3, -0.25) is 4.90 Å². The van der Waals surface area contributed by atoms with Crippen LogP contribution < -0.4 is 5.32 Å². The number of benzene rings is 1. The van der Waals surface area contributed by atoms with E-state index < -0.39 is 0 Å². The normalized spacial score (nSPS) is 16.4. The zero-order valence-corrected chi connectivity index (χ0v) is 13.3. The Labute approximate surface area is 136 Å². The fraction of sp³-hybridized carbons (Fsp3) is 0.462. The van der Waals surface area contributed by atoms with Crippen LogP contribution in [0.2, 0.25) is 5.02 Å². The summed E-state index contributed by atoms with van der Waals surface area (Å²) in [5.74, 6) is 0.0800. The van der Waals surface area contributed by atoms with Crippen molar-refractivity contribution in [2.24, 2.45) is 0 Å². The highest BCUT2D eigenvalue weighted by Gasteiger charge is 2.22. The van der Waals surface area contributed by atoms with E-state index in [0.29, 0.717) is 11.4 Å². The molecule has 0 spiro atoms. The van der Waals surface area contributed by atoms with Crippen molar-refractivity contribution in [2.45, 2.75) is 12.5 Å². The van der Waals surface area contributed by atoms with E-state index in [1.165, 1.54) is 0 Å². The summed E-state index contributed by atoms with van der Waals surface area (Å²) in [6, 6.07) is 7.46. The van der Waals surface area contributed by atoms with Crippen molar-refractivity contribution in [3.63, 3.8) is 0 Å². The van der Waals surface area contributed by atoms with E-state index in [1.807, 2.05) is 6.07 Å². The monoisotopic (exact) mass is 337 g/mol. The molecule has 4 nitrogen and oxygen atoms in total. The number of rotatable bonds is 3. The smallest absolute Gasteiger partial charge is 0.134 e. The lowest BCUT2D eigenvalue weighted by Gasteiger charge is -2.34. The predicted molar refractivity (Wildman–Crippen MR) is 85.0 cm³/mol. The van der Waals surface area contributed by atoms with Crippen LogP contribution in [0.1, 0.15) is 18.0 Å². The van der Waals surface area contributed by atoms with Crippen molar-refractivity contribution < 1.29 is 5.11 Å². The second-order valence-electron chi connectivity index (χ2n) is 4.37. The number of nitriles is 1. The van der Waals surface area contributed by atoms with Gasteiger partial charge in [0, 0.05) is 32.2 Å². The Morgan fingerprint density at radius 1 is 1.35 bits per heavy atom. The van der Waals surface area contributed by atoms with Crippen molar-refractivity contribution in [1.82, 2.24) is 10.2 Å². The van der Waals surface area contributed by atoms with Crippen LogP contribution in [0.3, 0.4) is 0 Å². The standard InChI is InChI=1S/C13H16ClN3O.2ClH/c14-11-9-10(1-2-13(11)18)12(3-4-15)17-7-5-16-6-8-17;;/h1-2,9,12,16,18H,3,5-8H2;2*1H/t12-;;/m1../s1. The average Bonchev–Trinajstić information content (AvgIpc) is 2.40. The van der Waals surface area contributed by atoms with Gasteiger partial charge in [0.15, 0.2) is 0 Å². The minimum atomic E-state index is 0. The fourth-order valence-corrected chi connectivity index (χ4v) is 2.46. The van der Waals surface area contributed by atoms with Crippen molar-refractivity contribution in [2.75, 3.05) is 26.2 Å². The number of aromatic hydroxyl groups is 1.